The molecule has 1 saturated heterocycles. The fourth-order valence-electron chi connectivity index (χ4n) is 4.98. The van der Waals surface area contributed by atoms with Crippen molar-refractivity contribution >= 4 is 54.9 Å². The molecule has 3 heterocycles. The number of thiazole rings is 1. The number of benzene rings is 3. The number of hydrogen-bond donors (Lipinski definition) is 0. The van der Waals surface area contributed by atoms with Gasteiger partial charge in [-0.05, 0) is 42.7 Å². The van der Waals surface area contributed by atoms with Gasteiger partial charge in [-0.3, -0.25) is 10.1 Å². The second kappa shape index (κ2) is 11.8. The molecule has 0 spiro atoms. The molecule has 4 aromatic rings. The molecular formula is C28H25BrFN5O4S2. The monoisotopic (exact) mass is 657 g/mol. The van der Waals surface area contributed by atoms with Crippen molar-refractivity contribution in [1.82, 2.24) is 9.29 Å². The number of halogens is 2. The Morgan fingerprint density at radius 3 is 2.37 bits per heavy atom. The first-order valence-electron chi connectivity index (χ1n) is 12.7. The lowest BCUT2D eigenvalue weighted by molar-refractivity contribution is -0.384. The predicted molar refractivity (Wildman–Crippen MR) is 162 cm³/mol. The molecular weight excluding hydrogens is 633 g/mol. The van der Waals surface area contributed by atoms with E-state index in [1.54, 1.807) is 53.5 Å². The third-order valence-electron chi connectivity index (χ3n) is 7.10. The largest absolute Gasteiger partial charge is 0.270 e. The van der Waals surface area contributed by atoms with E-state index in [0.29, 0.717) is 41.6 Å². The lowest BCUT2D eigenvalue weighted by Crippen LogP contribution is -2.27. The van der Waals surface area contributed by atoms with Crippen LogP contribution in [-0.4, -0.2) is 41.4 Å². The Labute approximate surface area is 250 Å². The van der Waals surface area contributed by atoms with E-state index in [-0.39, 0.29) is 39.4 Å². The summed E-state index contributed by atoms with van der Waals surface area (Å²) in [6, 6.07) is 19.0. The third kappa shape index (κ3) is 5.80. The molecule has 0 aliphatic carbocycles. The van der Waals surface area contributed by atoms with Crippen LogP contribution in [0.4, 0.5) is 15.2 Å². The first kappa shape index (κ1) is 29.0. The van der Waals surface area contributed by atoms with Crippen LogP contribution in [0, 0.1) is 15.9 Å². The number of hydrogen-bond acceptors (Lipinski definition) is 8. The van der Waals surface area contributed by atoms with E-state index in [1.165, 1.54) is 39.9 Å². The van der Waals surface area contributed by atoms with Crippen molar-refractivity contribution in [3.8, 4) is 11.3 Å². The molecule has 6 rings (SSSR count). The minimum atomic E-state index is -3.51. The summed E-state index contributed by atoms with van der Waals surface area (Å²) in [5.74, 6) is -0.347. The summed E-state index contributed by atoms with van der Waals surface area (Å²) in [5.41, 5.74) is 3.54. The first-order chi connectivity index (χ1) is 19.3. The molecule has 212 valence electrons. The van der Waals surface area contributed by atoms with Crippen LogP contribution in [-0.2, 0) is 10.0 Å². The number of nitrogens with zero attached hydrogens (tertiary/aromatic N) is 5. The van der Waals surface area contributed by atoms with Crippen LogP contribution in [0.5, 0.6) is 0 Å². The van der Waals surface area contributed by atoms with Gasteiger partial charge < -0.3 is 0 Å². The summed E-state index contributed by atoms with van der Waals surface area (Å²) in [4.78, 5) is 15.9. The number of nitro groups is 1. The number of rotatable bonds is 7. The van der Waals surface area contributed by atoms with Gasteiger partial charge in [0.1, 0.15) is 5.82 Å². The van der Waals surface area contributed by atoms with Crippen molar-refractivity contribution in [2.24, 2.45) is 5.10 Å². The van der Waals surface area contributed by atoms with Gasteiger partial charge in [0.15, 0.2) is 0 Å². The molecule has 0 bridgehead atoms. The summed E-state index contributed by atoms with van der Waals surface area (Å²) >= 11 is 1.38. The maximum Gasteiger partial charge on any atom is 0.270 e. The molecule has 41 heavy (non-hydrogen) atoms. The van der Waals surface area contributed by atoms with E-state index in [9.17, 15) is 22.9 Å². The number of anilines is 1. The van der Waals surface area contributed by atoms with E-state index < -0.39 is 14.9 Å². The Kier molecular flexibility index (Phi) is 8.32. The Morgan fingerprint density at radius 1 is 0.976 bits per heavy atom. The number of hydrazone groups is 1. The minimum absolute atomic E-state index is 0. The fourth-order valence-corrected chi connectivity index (χ4v) is 7.33. The summed E-state index contributed by atoms with van der Waals surface area (Å²) in [6.45, 7) is 1.09. The topological polar surface area (TPSA) is 109 Å². The summed E-state index contributed by atoms with van der Waals surface area (Å²) in [7, 11) is -3.51. The van der Waals surface area contributed by atoms with Gasteiger partial charge in [-0.25, -0.2) is 22.8 Å². The fraction of sp³-hybridized carbons (Fsp3) is 0.214. The van der Waals surface area contributed by atoms with Gasteiger partial charge in [0.05, 0.1) is 27.3 Å². The normalized spacial score (nSPS) is 17.3. The van der Waals surface area contributed by atoms with Gasteiger partial charge in [0.2, 0.25) is 15.2 Å². The van der Waals surface area contributed by atoms with Crippen molar-refractivity contribution in [3.05, 3.63) is 105 Å². The Hall–Kier alpha value is -3.52. The molecule has 1 atom stereocenters. The average molecular weight is 659 g/mol. The van der Waals surface area contributed by atoms with E-state index in [2.05, 4.69) is 0 Å². The smallest absolute Gasteiger partial charge is 0.258 e. The van der Waals surface area contributed by atoms with E-state index in [0.717, 1.165) is 24.0 Å². The molecule has 0 N–H and O–H groups in total. The molecule has 0 saturated carbocycles. The molecule has 0 amide bonds. The zero-order valence-corrected chi connectivity index (χ0v) is 24.9. The highest BCUT2D eigenvalue weighted by Crippen LogP contribution is 2.40. The summed E-state index contributed by atoms with van der Waals surface area (Å²) in [5, 5.41) is 20.4. The highest BCUT2D eigenvalue weighted by Gasteiger charge is 2.32. The Morgan fingerprint density at radius 2 is 1.68 bits per heavy atom. The van der Waals surface area contributed by atoms with Crippen LogP contribution in [0.3, 0.4) is 0 Å². The Bertz CT molecular complexity index is 1710. The minimum Gasteiger partial charge on any atom is -0.258 e. The molecule has 1 fully saturated rings. The lowest BCUT2D eigenvalue weighted by atomic mass is 9.98. The van der Waals surface area contributed by atoms with Crippen LogP contribution >= 0.6 is 28.3 Å². The molecule has 13 heteroatoms. The summed E-state index contributed by atoms with van der Waals surface area (Å²) in [6.07, 6.45) is 2.20. The van der Waals surface area contributed by atoms with Gasteiger partial charge in [-0.15, -0.1) is 28.3 Å². The third-order valence-corrected chi connectivity index (χ3v) is 9.84. The zero-order chi connectivity index (χ0) is 27.9. The van der Waals surface area contributed by atoms with Crippen molar-refractivity contribution in [2.75, 3.05) is 18.1 Å². The van der Waals surface area contributed by atoms with Crippen LogP contribution in [0.15, 0.2) is 88.2 Å². The van der Waals surface area contributed by atoms with Crippen molar-refractivity contribution in [3.63, 3.8) is 0 Å². The van der Waals surface area contributed by atoms with Gasteiger partial charge in [0.25, 0.3) is 5.69 Å². The zero-order valence-electron chi connectivity index (χ0n) is 21.6. The number of aromatic nitrogens is 1. The second-order valence-electron chi connectivity index (χ2n) is 9.62. The maximum atomic E-state index is 13.7. The number of sulfonamides is 1. The Balaban J connectivity index is 0.00000337. The van der Waals surface area contributed by atoms with Crippen molar-refractivity contribution in [2.45, 2.75) is 30.2 Å². The van der Waals surface area contributed by atoms with Crippen LogP contribution in [0.2, 0.25) is 0 Å². The van der Waals surface area contributed by atoms with E-state index >= 15 is 0 Å². The molecule has 9 nitrogen and oxygen atoms in total. The van der Waals surface area contributed by atoms with Crippen LogP contribution in [0.1, 0.15) is 36.4 Å². The van der Waals surface area contributed by atoms with E-state index in [4.69, 9.17) is 10.1 Å². The predicted octanol–water partition coefficient (Wildman–Crippen LogP) is 6.58. The molecule has 0 radical (unpaired) electrons. The number of non-ortho nitro benzene ring substituents is 1. The molecule has 2 aliphatic rings. The lowest BCUT2D eigenvalue weighted by Gasteiger charge is -2.21. The SMILES string of the molecule is Br.O=[N+]([O-])c1cccc(C2=NN(c3nc(-c4ccc(S(=O)(=O)N5CCCC5)cc4)cs3)C(c3ccc(F)cc3)C2)c1. The quantitative estimate of drug-likeness (QED) is 0.164. The second-order valence-corrected chi connectivity index (χ2v) is 12.4. The van der Waals surface area contributed by atoms with Gasteiger partial charge in [0, 0.05) is 48.2 Å². The van der Waals surface area contributed by atoms with Crippen LogP contribution in [0.25, 0.3) is 11.3 Å². The van der Waals surface area contributed by atoms with Gasteiger partial charge in [-0.2, -0.15) is 9.41 Å². The molecule has 2 aliphatic heterocycles. The van der Waals surface area contributed by atoms with Crippen molar-refractivity contribution in [1.29, 1.82) is 0 Å². The van der Waals surface area contributed by atoms with Crippen LogP contribution < -0.4 is 5.01 Å². The van der Waals surface area contributed by atoms with Crippen molar-refractivity contribution < 1.29 is 17.7 Å². The standard InChI is InChI=1S/C28H24FN5O4S2.BrH/c29-22-10-6-20(7-11-22)27-17-25(21-4-3-5-23(16-21)34(35)36)31-33(27)28-30-26(18-39-28)19-8-12-24(13-9-19)40(37,38)32-14-1-2-15-32;/h3-13,16,18,27H,1-2,14-15,17H2;1H. The van der Waals surface area contributed by atoms with Gasteiger partial charge >= 0.3 is 0 Å². The average Bonchev–Trinajstić information content (AvgIpc) is 3.75. The highest BCUT2D eigenvalue weighted by molar-refractivity contribution is 8.93. The van der Waals surface area contributed by atoms with Gasteiger partial charge in [-0.1, -0.05) is 36.4 Å². The highest BCUT2D eigenvalue weighted by atomic mass is 79.9. The molecule has 1 unspecified atom stereocenters. The number of nitro benzene ring substituents is 1. The maximum absolute atomic E-state index is 13.7. The molecule has 3 aromatic carbocycles. The van der Waals surface area contributed by atoms with E-state index in [1.807, 2.05) is 5.38 Å². The molecule has 1 aromatic heterocycles. The summed E-state index contributed by atoms with van der Waals surface area (Å²) < 4.78 is 41.0. The first-order valence-corrected chi connectivity index (χ1v) is 15.0.